The fourth-order valence-corrected chi connectivity index (χ4v) is 4.35. The zero-order chi connectivity index (χ0) is 20.9. The summed E-state index contributed by atoms with van der Waals surface area (Å²) < 4.78 is 13.1. The number of nitrogens with one attached hydrogen (secondary N) is 1. The van der Waals surface area contributed by atoms with E-state index in [1.165, 1.54) is 23.3 Å². The molecule has 30 heavy (non-hydrogen) atoms. The molecule has 160 valence electrons. The average molecular weight is 411 g/mol. The summed E-state index contributed by atoms with van der Waals surface area (Å²) in [5.74, 6) is -0.221. The lowest BCUT2D eigenvalue weighted by molar-refractivity contribution is 0.167. The van der Waals surface area contributed by atoms with Crippen LogP contribution >= 0.6 is 0 Å². The van der Waals surface area contributed by atoms with Crippen molar-refractivity contribution in [3.63, 3.8) is 0 Å². The second kappa shape index (κ2) is 9.47. The van der Waals surface area contributed by atoms with Crippen molar-refractivity contribution >= 4 is 11.7 Å². The molecule has 1 N–H and O–H groups in total. The summed E-state index contributed by atoms with van der Waals surface area (Å²) in [5.41, 5.74) is 3.74. The smallest absolute Gasteiger partial charge is 0.317 e. The quantitative estimate of drug-likeness (QED) is 0.837. The average Bonchev–Trinajstić information content (AvgIpc) is 2.77. The molecular weight excluding hydrogens is 379 g/mol. The zero-order valence-corrected chi connectivity index (χ0v) is 17.7. The zero-order valence-electron chi connectivity index (χ0n) is 17.7. The normalized spacial score (nSPS) is 18.5. The van der Waals surface area contributed by atoms with Gasteiger partial charge in [-0.25, -0.2) is 9.18 Å². The van der Waals surface area contributed by atoms with E-state index in [0.29, 0.717) is 13.1 Å². The molecule has 2 amide bonds. The van der Waals surface area contributed by atoms with Crippen LogP contribution in [0.4, 0.5) is 14.9 Å². The van der Waals surface area contributed by atoms with Crippen LogP contribution in [0.1, 0.15) is 24.0 Å². The van der Waals surface area contributed by atoms with E-state index in [1.807, 2.05) is 4.90 Å². The Hall–Kier alpha value is -2.60. The second-order valence-electron chi connectivity index (χ2n) is 8.38. The molecule has 2 aliphatic heterocycles. The van der Waals surface area contributed by atoms with Crippen molar-refractivity contribution in [2.45, 2.75) is 32.4 Å². The first-order valence-electron chi connectivity index (χ1n) is 10.9. The molecule has 0 unspecified atom stereocenters. The van der Waals surface area contributed by atoms with E-state index in [-0.39, 0.29) is 17.9 Å². The molecule has 4 rings (SSSR count). The first-order chi connectivity index (χ1) is 14.6. The minimum Gasteiger partial charge on any atom is -0.368 e. The van der Waals surface area contributed by atoms with E-state index < -0.39 is 0 Å². The Morgan fingerprint density at radius 2 is 1.63 bits per heavy atom. The molecule has 2 heterocycles. The highest BCUT2D eigenvalue weighted by atomic mass is 19.1. The largest absolute Gasteiger partial charge is 0.368 e. The number of likely N-dealkylation sites (tertiary alicyclic amines) is 1. The number of urea groups is 1. The number of carbonyl (C=O) groups excluding carboxylic acids is 1. The molecule has 2 fully saturated rings. The third kappa shape index (κ3) is 5.11. The number of halogens is 1. The van der Waals surface area contributed by atoms with Gasteiger partial charge in [0.05, 0.1) is 0 Å². The summed E-state index contributed by atoms with van der Waals surface area (Å²) in [6.07, 6.45) is 1.99. The van der Waals surface area contributed by atoms with Crippen LogP contribution in [0, 0.1) is 12.7 Å². The SMILES string of the molecule is Cc1ccccc1CN1CCC(NC(=O)N2CCN(c3ccc(F)cc3)CC2)CC1. The number of nitrogens with zero attached hydrogens (tertiary/aromatic N) is 3. The fourth-order valence-electron chi connectivity index (χ4n) is 4.35. The molecule has 2 saturated heterocycles. The predicted molar refractivity (Wildman–Crippen MR) is 118 cm³/mol. The van der Waals surface area contributed by atoms with Gasteiger partial charge in [-0.3, -0.25) is 4.90 Å². The Bertz CT molecular complexity index is 841. The summed E-state index contributed by atoms with van der Waals surface area (Å²) in [6.45, 7) is 8.10. The first kappa shape index (κ1) is 20.7. The molecule has 0 radical (unpaired) electrons. The highest BCUT2D eigenvalue weighted by Gasteiger charge is 2.25. The number of amides is 2. The maximum Gasteiger partial charge on any atom is 0.317 e. The number of anilines is 1. The number of hydrogen-bond acceptors (Lipinski definition) is 3. The van der Waals surface area contributed by atoms with Crippen molar-refractivity contribution in [2.24, 2.45) is 0 Å². The molecule has 0 bridgehead atoms. The lowest BCUT2D eigenvalue weighted by Crippen LogP contribution is -2.54. The first-order valence-corrected chi connectivity index (χ1v) is 10.9. The van der Waals surface area contributed by atoms with E-state index in [0.717, 1.165) is 51.3 Å². The monoisotopic (exact) mass is 410 g/mol. The van der Waals surface area contributed by atoms with E-state index in [4.69, 9.17) is 0 Å². The van der Waals surface area contributed by atoms with Crippen LogP contribution in [-0.2, 0) is 6.54 Å². The van der Waals surface area contributed by atoms with Crippen LogP contribution < -0.4 is 10.2 Å². The molecule has 0 spiro atoms. The highest BCUT2D eigenvalue weighted by Crippen LogP contribution is 2.18. The van der Waals surface area contributed by atoms with Crippen molar-refractivity contribution in [1.82, 2.24) is 15.1 Å². The van der Waals surface area contributed by atoms with Crippen molar-refractivity contribution < 1.29 is 9.18 Å². The van der Waals surface area contributed by atoms with Crippen molar-refractivity contribution in [1.29, 1.82) is 0 Å². The second-order valence-corrected chi connectivity index (χ2v) is 8.38. The Kier molecular flexibility index (Phi) is 6.53. The highest BCUT2D eigenvalue weighted by molar-refractivity contribution is 5.75. The molecule has 2 aromatic carbocycles. The standard InChI is InChI=1S/C24H31FN4O/c1-19-4-2-3-5-20(19)18-27-12-10-22(11-13-27)26-24(30)29-16-14-28(15-17-29)23-8-6-21(25)7-9-23/h2-9,22H,10-18H2,1H3,(H,26,30). The number of carbonyl (C=O) groups is 1. The van der Waals surface area contributed by atoms with Gasteiger partial charge in [0, 0.05) is 57.5 Å². The Morgan fingerprint density at radius 3 is 2.30 bits per heavy atom. The van der Waals surface area contributed by atoms with Gasteiger partial charge in [-0.15, -0.1) is 0 Å². The molecule has 0 atom stereocenters. The van der Waals surface area contributed by atoms with Crippen molar-refractivity contribution in [3.8, 4) is 0 Å². The summed E-state index contributed by atoms with van der Waals surface area (Å²) in [5, 5.41) is 3.24. The van der Waals surface area contributed by atoms with Gasteiger partial charge < -0.3 is 15.1 Å². The Labute approximate surface area is 178 Å². The topological polar surface area (TPSA) is 38.8 Å². The van der Waals surface area contributed by atoms with Crippen LogP contribution in [0.25, 0.3) is 0 Å². The van der Waals surface area contributed by atoms with E-state index >= 15 is 0 Å². The molecular formula is C24H31FN4O. The number of rotatable bonds is 4. The molecule has 2 aliphatic rings. The van der Waals surface area contributed by atoms with Crippen LogP contribution in [0.15, 0.2) is 48.5 Å². The van der Waals surface area contributed by atoms with Crippen molar-refractivity contribution in [3.05, 3.63) is 65.5 Å². The molecule has 0 saturated carbocycles. The number of aryl methyl sites for hydroxylation is 1. The van der Waals surface area contributed by atoms with Gasteiger partial charge in [0.2, 0.25) is 0 Å². The number of piperidine rings is 1. The third-order valence-electron chi connectivity index (χ3n) is 6.33. The maximum absolute atomic E-state index is 13.1. The minimum atomic E-state index is -0.221. The Balaban J connectivity index is 1.20. The van der Waals surface area contributed by atoms with Gasteiger partial charge in [0.15, 0.2) is 0 Å². The molecule has 0 aliphatic carbocycles. The van der Waals surface area contributed by atoms with E-state index in [1.54, 1.807) is 12.1 Å². The molecule has 5 nitrogen and oxygen atoms in total. The maximum atomic E-state index is 13.1. The van der Waals surface area contributed by atoms with Gasteiger partial charge in [-0.05, 0) is 55.2 Å². The number of hydrogen-bond donors (Lipinski definition) is 1. The lowest BCUT2D eigenvalue weighted by Gasteiger charge is -2.38. The summed E-state index contributed by atoms with van der Waals surface area (Å²) in [4.78, 5) is 19.3. The predicted octanol–water partition coefficient (Wildman–Crippen LogP) is 3.63. The number of benzene rings is 2. The lowest BCUT2D eigenvalue weighted by atomic mass is 10.0. The summed E-state index contributed by atoms with van der Waals surface area (Å²) >= 11 is 0. The minimum absolute atomic E-state index is 0.0473. The van der Waals surface area contributed by atoms with Gasteiger partial charge in [-0.2, -0.15) is 0 Å². The molecule has 6 heteroatoms. The van der Waals surface area contributed by atoms with Crippen LogP contribution in [0.5, 0.6) is 0 Å². The molecule has 0 aromatic heterocycles. The molecule has 2 aromatic rings. The third-order valence-corrected chi connectivity index (χ3v) is 6.33. The Morgan fingerprint density at radius 1 is 0.967 bits per heavy atom. The summed E-state index contributed by atoms with van der Waals surface area (Å²) in [6, 6.07) is 15.4. The van der Waals surface area contributed by atoms with Crippen LogP contribution in [-0.4, -0.2) is 61.1 Å². The van der Waals surface area contributed by atoms with Gasteiger partial charge >= 0.3 is 6.03 Å². The number of piperazine rings is 1. The van der Waals surface area contributed by atoms with Crippen LogP contribution in [0.3, 0.4) is 0 Å². The van der Waals surface area contributed by atoms with Gasteiger partial charge in [0.1, 0.15) is 5.82 Å². The van der Waals surface area contributed by atoms with Gasteiger partial charge in [-0.1, -0.05) is 24.3 Å². The van der Waals surface area contributed by atoms with Gasteiger partial charge in [0.25, 0.3) is 0 Å². The fraction of sp³-hybridized carbons (Fsp3) is 0.458. The van der Waals surface area contributed by atoms with Crippen LogP contribution in [0.2, 0.25) is 0 Å². The van der Waals surface area contributed by atoms with E-state index in [9.17, 15) is 9.18 Å². The van der Waals surface area contributed by atoms with Crippen molar-refractivity contribution in [2.75, 3.05) is 44.2 Å². The summed E-state index contributed by atoms with van der Waals surface area (Å²) in [7, 11) is 0. The van der Waals surface area contributed by atoms with E-state index in [2.05, 4.69) is 46.3 Å².